The van der Waals surface area contributed by atoms with Crippen molar-refractivity contribution in [3.05, 3.63) is 59.7 Å². The van der Waals surface area contributed by atoms with E-state index in [9.17, 15) is 19.2 Å². The summed E-state index contributed by atoms with van der Waals surface area (Å²) in [6.07, 6.45) is 6.05. The van der Waals surface area contributed by atoms with E-state index in [-0.39, 0.29) is 18.9 Å². The maximum atomic E-state index is 14.1. The molecule has 2 aromatic rings. The third kappa shape index (κ3) is 8.24. The Balaban J connectivity index is 2.02. The molecule has 1 aliphatic carbocycles. The number of benzene rings is 2. The Labute approximate surface area is 234 Å². The molecule has 2 atom stereocenters. The van der Waals surface area contributed by atoms with E-state index in [1.165, 1.54) is 4.90 Å². The summed E-state index contributed by atoms with van der Waals surface area (Å²) >= 11 is 0. The molecular weight excluding hydrogens is 512 g/mol. The first-order chi connectivity index (χ1) is 18.9. The van der Waals surface area contributed by atoms with Gasteiger partial charge < -0.3 is 30.7 Å². The molecule has 4 amide bonds. The number of hydrogen-bond acceptors (Lipinski definition) is 6. The Morgan fingerprint density at radius 1 is 1.10 bits per heavy atom. The van der Waals surface area contributed by atoms with Gasteiger partial charge in [-0.1, -0.05) is 24.1 Å². The first-order valence-electron chi connectivity index (χ1n) is 13.0. The van der Waals surface area contributed by atoms with Gasteiger partial charge in [-0.05, 0) is 75.9 Å². The Hall–Kier alpha value is -4.52. The molecule has 1 saturated carbocycles. The van der Waals surface area contributed by atoms with Crippen LogP contribution in [0.4, 0.5) is 10.5 Å². The standard InChI is InChI=1S/C30H36N4O6/c1-6-19-9-7-8-10-23(19)26(27(36)32-20-11-15-22(39-5)16-12-20)34(21-13-14-21)28(37)24(17-18-25(31)35)33-29(38)40-30(2,3)4/h1,7-12,15-16,21,24,26H,13-14,17-18H2,2-5H3,(H2,31,35)(H,32,36)(H,33,38). The number of carbonyl (C=O) groups excluding carboxylic acids is 4. The highest BCUT2D eigenvalue weighted by Crippen LogP contribution is 2.37. The summed E-state index contributed by atoms with van der Waals surface area (Å²) < 4.78 is 10.5. The molecule has 10 heteroatoms. The van der Waals surface area contributed by atoms with Crippen molar-refractivity contribution in [2.45, 2.75) is 70.2 Å². The summed E-state index contributed by atoms with van der Waals surface area (Å²) in [6.45, 7) is 5.08. The van der Waals surface area contributed by atoms with Crippen molar-refractivity contribution >= 4 is 29.5 Å². The van der Waals surface area contributed by atoms with Crippen molar-refractivity contribution < 1.29 is 28.7 Å². The predicted molar refractivity (Wildman–Crippen MR) is 150 cm³/mol. The lowest BCUT2D eigenvalue weighted by Gasteiger charge is -2.35. The van der Waals surface area contributed by atoms with Crippen LogP contribution in [0, 0.1) is 12.3 Å². The monoisotopic (exact) mass is 548 g/mol. The minimum absolute atomic E-state index is 0.0692. The summed E-state index contributed by atoms with van der Waals surface area (Å²) in [7, 11) is 1.54. The molecule has 0 radical (unpaired) electrons. The van der Waals surface area contributed by atoms with Crippen LogP contribution in [0.5, 0.6) is 5.75 Å². The van der Waals surface area contributed by atoms with Crippen LogP contribution in [0.25, 0.3) is 0 Å². The lowest BCUT2D eigenvalue weighted by Crippen LogP contribution is -2.53. The van der Waals surface area contributed by atoms with Gasteiger partial charge in [-0.25, -0.2) is 4.79 Å². The summed E-state index contributed by atoms with van der Waals surface area (Å²) in [5, 5.41) is 5.46. The van der Waals surface area contributed by atoms with Crippen molar-refractivity contribution in [2.24, 2.45) is 5.73 Å². The van der Waals surface area contributed by atoms with Gasteiger partial charge >= 0.3 is 6.09 Å². The number of terminal acetylenes is 1. The summed E-state index contributed by atoms with van der Waals surface area (Å²) in [6, 6.07) is 11.1. The highest BCUT2D eigenvalue weighted by Gasteiger charge is 2.44. The van der Waals surface area contributed by atoms with Crippen LogP contribution < -0.4 is 21.1 Å². The van der Waals surface area contributed by atoms with Crippen LogP contribution in [-0.2, 0) is 19.1 Å². The Morgan fingerprint density at radius 3 is 2.30 bits per heavy atom. The number of nitrogens with two attached hydrogens (primary N) is 1. The van der Waals surface area contributed by atoms with Gasteiger partial charge in [0.05, 0.1) is 7.11 Å². The number of primary amides is 1. The number of anilines is 1. The fourth-order valence-electron chi connectivity index (χ4n) is 4.21. The molecule has 0 heterocycles. The molecule has 2 unspecified atom stereocenters. The molecule has 2 aromatic carbocycles. The quantitative estimate of drug-likeness (QED) is 0.367. The van der Waals surface area contributed by atoms with Crippen molar-refractivity contribution in [1.29, 1.82) is 0 Å². The van der Waals surface area contributed by atoms with Crippen LogP contribution in [0.15, 0.2) is 48.5 Å². The second-order valence-electron chi connectivity index (χ2n) is 10.5. The smallest absolute Gasteiger partial charge is 0.408 e. The second-order valence-corrected chi connectivity index (χ2v) is 10.5. The normalized spacial score (nSPS) is 14.2. The molecule has 212 valence electrons. The van der Waals surface area contributed by atoms with E-state index >= 15 is 0 Å². The predicted octanol–water partition coefficient (Wildman–Crippen LogP) is 3.51. The van der Waals surface area contributed by atoms with Crippen LogP contribution in [0.1, 0.15) is 63.6 Å². The first-order valence-corrected chi connectivity index (χ1v) is 13.0. The SMILES string of the molecule is C#Cc1ccccc1C(C(=O)Nc1ccc(OC)cc1)N(C(=O)C(CCC(N)=O)NC(=O)OC(C)(C)C)C1CC1. The fraction of sp³-hybridized carbons (Fsp3) is 0.400. The number of hydrogen-bond donors (Lipinski definition) is 3. The van der Waals surface area contributed by atoms with Gasteiger partial charge in [0.25, 0.3) is 5.91 Å². The van der Waals surface area contributed by atoms with E-state index in [0.717, 1.165) is 0 Å². The van der Waals surface area contributed by atoms with Crippen LogP contribution in [0.3, 0.4) is 0 Å². The number of alkyl carbamates (subject to hydrolysis) is 1. The minimum atomic E-state index is -1.17. The number of methoxy groups -OCH3 is 1. The summed E-state index contributed by atoms with van der Waals surface area (Å²) in [4.78, 5) is 53.8. The number of carbonyl (C=O) groups is 4. The molecule has 3 rings (SSSR count). The summed E-state index contributed by atoms with van der Waals surface area (Å²) in [5.74, 6) is 1.56. The van der Waals surface area contributed by atoms with Crippen molar-refractivity contribution in [1.82, 2.24) is 10.2 Å². The molecule has 0 saturated heterocycles. The van der Waals surface area contributed by atoms with Crippen molar-refractivity contribution in [2.75, 3.05) is 12.4 Å². The topological polar surface area (TPSA) is 140 Å². The zero-order chi connectivity index (χ0) is 29.4. The van der Waals surface area contributed by atoms with E-state index in [4.69, 9.17) is 21.6 Å². The highest BCUT2D eigenvalue weighted by molar-refractivity contribution is 5.99. The number of rotatable bonds is 11. The van der Waals surface area contributed by atoms with Gasteiger partial charge in [0.1, 0.15) is 23.4 Å². The maximum absolute atomic E-state index is 14.1. The molecular formula is C30H36N4O6. The van der Waals surface area contributed by atoms with E-state index < -0.39 is 41.5 Å². The minimum Gasteiger partial charge on any atom is -0.497 e. The molecule has 0 bridgehead atoms. The summed E-state index contributed by atoms with van der Waals surface area (Å²) in [5.41, 5.74) is 5.95. The lowest BCUT2D eigenvalue weighted by molar-refractivity contribution is -0.141. The second kappa shape index (κ2) is 13.0. The van der Waals surface area contributed by atoms with Crippen LogP contribution in [0.2, 0.25) is 0 Å². The maximum Gasteiger partial charge on any atom is 0.408 e. The fourth-order valence-corrected chi connectivity index (χ4v) is 4.21. The van der Waals surface area contributed by atoms with E-state index in [1.54, 1.807) is 76.4 Å². The van der Waals surface area contributed by atoms with Gasteiger partial charge in [-0.15, -0.1) is 6.42 Å². The van der Waals surface area contributed by atoms with Gasteiger partial charge in [0, 0.05) is 23.7 Å². The van der Waals surface area contributed by atoms with Crippen LogP contribution in [-0.4, -0.2) is 53.5 Å². The van der Waals surface area contributed by atoms with E-state index in [0.29, 0.717) is 35.4 Å². The zero-order valence-electron chi connectivity index (χ0n) is 23.2. The number of ether oxygens (including phenoxy) is 2. The van der Waals surface area contributed by atoms with Crippen molar-refractivity contribution in [3.8, 4) is 18.1 Å². The first kappa shape index (κ1) is 30.0. The number of nitrogens with one attached hydrogen (secondary N) is 2. The third-order valence-corrected chi connectivity index (χ3v) is 6.16. The van der Waals surface area contributed by atoms with Gasteiger partial charge in [0.2, 0.25) is 11.8 Å². The van der Waals surface area contributed by atoms with E-state index in [1.807, 2.05) is 0 Å². The van der Waals surface area contributed by atoms with Crippen molar-refractivity contribution in [3.63, 3.8) is 0 Å². The third-order valence-electron chi connectivity index (χ3n) is 6.16. The largest absolute Gasteiger partial charge is 0.497 e. The highest BCUT2D eigenvalue weighted by atomic mass is 16.6. The Bertz CT molecular complexity index is 1270. The van der Waals surface area contributed by atoms with Gasteiger partial charge in [-0.3, -0.25) is 14.4 Å². The lowest BCUT2D eigenvalue weighted by atomic mass is 9.96. The van der Waals surface area contributed by atoms with E-state index in [2.05, 4.69) is 16.6 Å². The molecule has 1 aliphatic rings. The average Bonchev–Trinajstić information content (AvgIpc) is 3.73. The molecule has 10 nitrogen and oxygen atoms in total. The Kier molecular flexibility index (Phi) is 9.78. The molecule has 40 heavy (non-hydrogen) atoms. The molecule has 4 N–H and O–H groups in total. The molecule has 0 aromatic heterocycles. The molecule has 0 spiro atoms. The average molecular weight is 549 g/mol. The zero-order valence-corrected chi connectivity index (χ0v) is 23.2. The Morgan fingerprint density at radius 2 is 1.75 bits per heavy atom. The van der Waals surface area contributed by atoms with Gasteiger partial charge in [0.15, 0.2) is 0 Å². The van der Waals surface area contributed by atoms with Gasteiger partial charge in [-0.2, -0.15) is 0 Å². The molecule has 0 aliphatic heterocycles. The number of amides is 4. The van der Waals surface area contributed by atoms with Crippen LogP contribution >= 0.6 is 0 Å². The number of nitrogens with zero attached hydrogens (tertiary/aromatic N) is 1. The molecule has 1 fully saturated rings.